The van der Waals surface area contributed by atoms with Gasteiger partial charge >= 0.3 is 6.03 Å². The molecular formula is C21H31N4O3+. The Morgan fingerprint density at radius 3 is 2.61 bits per heavy atom. The highest BCUT2D eigenvalue weighted by molar-refractivity contribution is 6.08. The molecule has 152 valence electrons. The molecule has 4 amide bonds. The van der Waals surface area contributed by atoms with E-state index in [9.17, 15) is 14.4 Å². The van der Waals surface area contributed by atoms with Crippen molar-refractivity contribution in [2.75, 3.05) is 13.6 Å². The summed E-state index contributed by atoms with van der Waals surface area (Å²) in [4.78, 5) is 38.5. The Hall–Kier alpha value is -2.41. The number of urea groups is 1. The highest BCUT2D eigenvalue weighted by Crippen LogP contribution is 2.35. The molecule has 1 saturated carbocycles. The van der Waals surface area contributed by atoms with E-state index in [1.54, 1.807) is 0 Å². The molecule has 3 rings (SSSR count). The number of amides is 4. The van der Waals surface area contributed by atoms with Crippen LogP contribution in [0.4, 0.5) is 4.79 Å². The molecule has 1 aromatic rings. The molecule has 0 radical (unpaired) electrons. The second-order valence-electron chi connectivity index (χ2n) is 8.61. The van der Waals surface area contributed by atoms with Crippen LogP contribution in [0.25, 0.3) is 0 Å². The predicted molar refractivity (Wildman–Crippen MR) is 105 cm³/mol. The molecule has 2 aliphatic rings. The average molecular weight is 388 g/mol. The van der Waals surface area contributed by atoms with Crippen molar-refractivity contribution in [3.8, 4) is 0 Å². The van der Waals surface area contributed by atoms with E-state index < -0.39 is 11.6 Å². The Morgan fingerprint density at radius 1 is 1.29 bits per heavy atom. The molecule has 1 unspecified atom stereocenters. The Bertz CT molecular complexity index is 784. The number of hydrogen-bond acceptors (Lipinski definition) is 3. The van der Waals surface area contributed by atoms with Crippen molar-refractivity contribution in [3.63, 3.8) is 0 Å². The number of nitrogens with one attached hydrogen (secondary N) is 3. The van der Waals surface area contributed by atoms with Gasteiger partial charge in [-0.2, -0.15) is 5.01 Å². The molecule has 3 N–H and O–H groups in total. The molecule has 1 aliphatic carbocycles. The zero-order chi connectivity index (χ0) is 20.5. The van der Waals surface area contributed by atoms with Crippen LogP contribution in [0.5, 0.6) is 0 Å². The number of hydrogen-bond donors (Lipinski definition) is 3. The summed E-state index contributed by atoms with van der Waals surface area (Å²) < 4.78 is 0. The molecule has 0 aromatic heterocycles. The minimum Gasteiger partial charge on any atom is -0.326 e. The van der Waals surface area contributed by atoms with E-state index in [0.717, 1.165) is 22.8 Å². The largest absolute Gasteiger partial charge is 0.344 e. The van der Waals surface area contributed by atoms with Gasteiger partial charge in [-0.3, -0.25) is 15.0 Å². The molecular weight excluding hydrogens is 356 g/mol. The summed E-state index contributed by atoms with van der Waals surface area (Å²) in [6.45, 7) is 7.14. The number of carbonyl (C=O) groups excluding carboxylic acids is 3. The lowest BCUT2D eigenvalue weighted by atomic mass is 9.77. The molecule has 1 aliphatic heterocycles. The van der Waals surface area contributed by atoms with Crippen LogP contribution in [0.2, 0.25) is 0 Å². The van der Waals surface area contributed by atoms with Gasteiger partial charge in [0, 0.05) is 5.56 Å². The first-order valence-corrected chi connectivity index (χ1v) is 10.0. The lowest BCUT2D eigenvalue weighted by Gasteiger charge is -2.33. The summed E-state index contributed by atoms with van der Waals surface area (Å²) in [5.74, 6) is -0.113. The molecule has 7 heteroatoms. The van der Waals surface area contributed by atoms with E-state index in [2.05, 4.69) is 49.7 Å². The predicted octanol–water partition coefficient (Wildman–Crippen LogP) is 0.850. The smallest absolute Gasteiger partial charge is 0.326 e. The highest BCUT2D eigenvalue weighted by atomic mass is 16.2. The standard InChI is InChI=1S/C21H30N4O3/c1-14-7-9-21(10-8-14)19(27)25(20(28)22-21)23-18(26)13-24(4)12-17-6-5-15(2)11-16(17)3/h5-6,11,14H,7-10,12-13H2,1-4H3,(H,22,28)(H,23,26)/p+1. The van der Waals surface area contributed by atoms with E-state index in [1.807, 2.05) is 7.05 Å². The van der Waals surface area contributed by atoms with Crippen LogP contribution >= 0.6 is 0 Å². The fourth-order valence-electron chi connectivity index (χ4n) is 4.19. The first-order valence-electron chi connectivity index (χ1n) is 10.0. The SMILES string of the molecule is Cc1ccc(C[NH+](C)CC(=O)NN2C(=O)NC3(CCC(C)CC3)C2=O)c(C)c1. The summed E-state index contributed by atoms with van der Waals surface area (Å²) in [7, 11) is 1.93. The normalized spacial score (nSPS) is 25.7. The van der Waals surface area contributed by atoms with Crippen molar-refractivity contribution < 1.29 is 19.3 Å². The molecule has 1 aromatic carbocycles. The maximum absolute atomic E-state index is 12.8. The lowest BCUT2D eigenvalue weighted by molar-refractivity contribution is -0.885. The van der Waals surface area contributed by atoms with Crippen molar-refractivity contribution >= 4 is 17.8 Å². The summed E-state index contributed by atoms with van der Waals surface area (Å²) in [6.07, 6.45) is 3.05. The zero-order valence-electron chi connectivity index (χ0n) is 17.2. The Morgan fingerprint density at radius 2 is 1.96 bits per heavy atom. The second kappa shape index (κ2) is 7.91. The van der Waals surface area contributed by atoms with Crippen molar-refractivity contribution in [3.05, 3.63) is 34.9 Å². The number of quaternary nitrogens is 1. The maximum Gasteiger partial charge on any atom is 0.344 e. The molecule has 7 nitrogen and oxygen atoms in total. The minimum absolute atomic E-state index is 0.175. The van der Waals surface area contributed by atoms with Crippen LogP contribution in [0.1, 0.15) is 49.3 Å². The topological polar surface area (TPSA) is 82.9 Å². The van der Waals surface area contributed by atoms with E-state index in [-0.39, 0.29) is 18.4 Å². The quantitative estimate of drug-likeness (QED) is 0.655. The Kier molecular flexibility index (Phi) is 5.74. The van der Waals surface area contributed by atoms with Gasteiger partial charge in [-0.25, -0.2) is 4.79 Å². The molecule has 28 heavy (non-hydrogen) atoms. The zero-order valence-corrected chi connectivity index (χ0v) is 17.2. The molecule has 1 atom stereocenters. The third-order valence-electron chi connectivity index (χ3n) is 5.98. The first-order chi connectivity index (χ1) is 13.2. The summed E-state index contributed by atoms with van der Waals surface area (Å²) in [5.41, 5.74) is 5.26. The van der Waals surface area contributed by atoms with Crippen LogP contribution < -0.4 is 15.6 Å². The number of carbonyl (C=O) groups is 3. The third kappa shape index (κ3) is 4.19. The van der Waals surface area contributed by atoms with Crippen LogP contribution in [0.3, 0.4) is 0 Å². The Labute approximate surface area is 166 Å². The molecule has 1 saturated heterocycles. The van der Waals surface area contributed by atoms with Crippen LogP contribution in [0.15, 0.2) is 18.2 Å². The summed E-state index contributed by atoms with van der Waals surface area (Å²) in [6, 6.07) is 5.74. The van der Waals surface area contributed by atoms with Crippen LogP contribution in [-0.4, -0.2) is 42.0 Å². The van der Waals surface area contributed by atoms with Gasteiger partial charge in [-0.15, -0.1) is 0 Å². The van der Waals surface area contributed by atoms with Gasteiger partial charge in [0.05, 0.1) is 7.05 Å². The van der Waals surface area contributed by atoms with Gasteiger partial charge in [0.1, 0.15) is 12.1 Å². The Balaban J connectivity index is 1.57. The van der Waals surface area contributed by atoms with Gasteiger partial charge in [-0.1, -0.05) is 30.7 Å². The first kappa shape index (κ1) is 20.3. The van der Waals surface area contributed by atoms with Crippen molar-refractivity contribution in [2.45, 2.75) is 58.5 Å². The van der Waals surface area contributed by atoms with Gasteiger partial charge in [0.2, 0.25) is 0 Å². The number of aryl methyl sites for hydroxylation is 2. The lowest BCUT2D eigenvalue weighted by Crippen LogP contribution is -3.09. The van der Waals surface area contributed by atoms with E-state index in [1.165, 1.54) is 16.7 Å². The van der Waals surface area contributed by atoms with Gasteiger partial charge in [-0.05, 0) is 51.0 Å². The third-order valence-corrected chi connectivity index (χ3v) is 5.98. The number of hydrazine groups is 1. The molecule has 1 heterocycles. The average Bonchev–Trinajstić information content (AvgIpc) is 2.84. The monoisotopic (exact) mass is 387 g/mol. The van der Waals surface area contributed by atoms with Crippen molar-refractivity contribution in [1.29, 1.82) is 0 Å². The number of imide groups is 1. The van der Waals surface area contributed by atoms with Gasteiger partial charge in [0.25, 0.3) is 11.8 Å². The van der Waals surface area contributed by atoms with E-state index in [4.69, 9.17) is 0 Å². The van der Waals surface area contributed by atoms with Gasteiger partial charge in [0.15, 0.2) is 6.54 Å². The fraction of sp³-hybridized carbons (Fsp3) is 0.571. The second-order valence-corrected chi connectivity index (χ2v) is 8.61. The fourth-order valence-corrected chi connectivity index (χ4v) is 4.19. The number of likely N-dealkylation sites (N-methyl/N-ethyl adjacent to an activating group) is 1. The van der Waals surface area contributed by atoms with E-state index in [0.29, 0.717) is 25.3 Å². The van der Waals surface area contributed by atoms with Crippen molar-refractivity contribution in [2.24, 2.45) is 5.92 Å². The van der Waals surface area contributed by atoms with Crippen molar-refractivity contribution in [1.82, 2.24) is 15.8 Å². The maximum atomic E-state index is 12.8. The minimum atomic E-state index is -0.839. The number of rotatable bonds is 5. The number of benzene rings is 1. The summed E-state index contributed by atoms with van der Waals surface area (Å²) >= 11 is 0. The summed E-state index contributed by atoms with van der Waals surface area (Å²) in [5, 5.41) is 3.69. The number of nitrogens with zero attached hydrogens (tertiary/aromatic N) is 1. The van der Waals surface area contributed by atoms with Crippen LogP contribution in [0, 0.1) is 19.8 Å². The van der Waals surface area contributed by atoms with Crippen LogP contribution in [-0.2, 0) is 16.1 Å². The van der Waals surface area contributed by atoms with Gasteiger partial charge < -0.3 is 10.2 Å². The molecule has 1 spiro atoms. The molecule has 2 fully saturated rings. The molecule has 0 bridgehead atoms. The highest BCUT2D eigenvalue weighted by Gasteiger charge is 2.52. The van der Waals surface area contributed by atoms with E-state index >= 15 is 0 Å².